The average Bonchev–Trinajstić information content (AvgIpc) is 3.30. The fourth-order valence-corrected chi connectivity index (χ4v) is 3.54. The van der Waals surface area contributed by atoms with Crippen LogP contribution in [-0.4, -0.2) is 41.0 Å². The second-order valence-electron chi connectivity index (χ2n) is 6.25. The van der Waals surface area contributed by atoms with Gasteiger partial charge >= 0.3 is 6.03 Å². The number of benzene rings is 1. The second kappa shape index (κ2) is 8.19. The highest BCUT2D eigenvalue weighted by Crippen LogP contribution is 2.23. The van der Waals surface area contributed by atoms with E-state index < -0.39 is 11.8 Å². The Balaban J connectivity index is 1.38. The normalized spacial score (nSPS) is 13.6. The van der Waals surface area contributed by atoms with Crippen molar-refractivity contribution in [3.8, 4) is 5.69 Å². The van der Waals surface area contributed by atoms with E-state index in [0.717, 1.165) is 6.07 Å². The van der Waals surface area contributed by atoms with Gasteiger partial charge in [0, 0.05) is 5.38 Å². The summed E-state index contributed by atoms with van der Waals surface area (Å²) < 4.78 is 19.7. The highest BCUT2D eigenvalue weighted by Gasteiger charge is 2.22. The number of urea groups is 1. The smallest absolute Gasteiger partial charge is 0.323 e. The maximum Gasteiger partial charge on any atom is 0.323 e. The SMILES string of the molecule is O=C(Nc1cnn(-c2csc(C(=O)NC3COC3)c2)c1)Nc1ccc(F)cc1Cl. The number of aromatic nitrogens is 2. The van der Waals surface area contributed by atoms with Crippen LogP contribution in [0.25, 0.3) is 5.69 Å². The minimum Gasteiger partial charge on any atom is -0.377 e. The number of anilines is 2. The van der Waals surface area contributed by atoms with E-state index in [1.807, 2.05) is 0 Å². The van der Waals surface area contributed by atoms with Gasteiger partial charge in [-0.05, 0) is 24.3 Å². The second-order valence-corrected chi connectivity index (χ2v) is 7.57. The van der Waals surface area contributed by atoms with Gasteiger partial charge in [0.05, 0.1) is 58.6 Å². The van der Waals surface area contributed by atoms with Crippen LogP contribution < -0.4 is 16.0 Å². The molecule has 4 rings (SSSR count). The number of nitrogens with zero attached hydrogens (tertiary/aromatic N) is 2. The van der Waals surface area contributed by atoms with Crippen molar-refractivity contribution in [1.82, 2.24) is 15.1 Å². The Morgan fingerprint density at radius 1 is 1.28 bits per heavy atom. The summed E-state index contributed by atoms with van der Waals surface area (Å²) in [6, 6.07) is 4.90. The summed E-state index contributed by atoms with van der Waals surface area (Å²) in [5.74, 6) is -0.650. The molecule has 150 valence electrons. The zero-order chi connectivity index (χ0) is 20.4. The molecule has 1 aliphatic heterocycles. The van der Waals surface area contributed by atoms with E-state index in [9.17, 15) is 14.0 Å². The number of carbonyl (C=O) groups excluding carboxylic acids is 2. The van der Waals surface area contributed by atoms with Crippen LogP contribution in [0.4, 0.5) is 20.6 Å². The van der Waals surface area contributed by atoms with Crippen LogP contribution in [0.2, 0.25) is 5.02 Å². The van der Waals surface area contributed by atoms with Gasteiger partial charge in [-0.1, -0.05) is 11.6 Å². The maximum atomic E-state index is 13.1. The molecule has 3 heterocycles. The zero-order valence-electron chi connectivity index (χ0n) is 14.8. The lowest BCUT2D eigenvalue weighted by Gasteiger charge is -2.26. The van der Waals surface area contributed by atoms with Crippen molar-refractivity contribution < 1.29 is 18.7 Å². The molecular formula is C18H15ClFN5O3S. The Morgan fingerprint density at radius 3 is 2.83 bits per heavy atom. The molecule has 29 heavy (non-hydrogen) atoms. The number of nitrogens with one attached hydrogen (secondary N) is 3. The number of amides is 3. The summed E-state index contributed by atoms with van der Waals surface area (Å²) in [6.07, 6.45) is 3.07. The summed E-state index contributed by atoms with van der Waals surface area (Å²) in [4.78, 5) is 24.9. The molecule has 1 saturated heterocycles. The van der Waals surface area contributed by atoms with E-state index >= 15 is 0 Å². The summed E-state index contributed by atoms with van der Waals surface area (Å²) >= 11 is 7.19. The molecule has 3 amide bonds. The van der Waals surface area contributed by atoms with Gasteiger partial charge in [0.2, 0.25) is 0 Å². The third-order valence-corrected chi connectivity index (χ3v) is 5.30. The first-order chi connectivity index (χ1) is 14.0. The number of thiophene rings is 1. The first-order valence-corrected chi connectivity index (χ1v) is 9.79. The number of hydrogen-bond acceptors (Lipinski definition) is 5. The lowest BCUT2D eigenvalue weighted by molar-refractivity contribution is -0.00338. The van der Waals surface area contributed by atoms with Crippen molar-refractivity contribution in [2.45, 2.75) is 6.04 Å². The van der Waals surface area contributed by atoms with Gasteiger partial charge < -0.3 is 20.7 Å². The monoisotopic (exact) mass is 435 g/mol. The molecule has 0 radical (unpaired) electrons. The summed E-state index contributed by atoms with van der Waals surface area (Å²) in [5, 5.41) is 14.1. The Labute approximate surface area is 173 Å². The molecule has 3 aromatic rings. The van der Waals surface area contributed by atoms with E-state index in [1.54, 1.807) is 22.3 Å². The van der Waals surface area contributed by atoms with Gasteiger partial charge in [-0.2, -0.15) is 5.10 Å². The van der Waals surface area contributed by atoms with Crippen LogP contribution in [0.3, 0.4) is 0 Å². The van der Waals surface area contributed by atoms with Crippen molar-refractivity contribution in [1.29, 1.82) is 0 Å². The largest absolute Gasteiger partial charge is 0.377 e. The highest BCUT2D eigenvalue weighted by atomic mass is 35.5. The average molecular weight is 436 g/mol. The number of hydrogen-bond donors (Lipinski definition) is 3. The van der Waals surface area contributed by atoms with E-state index in [1.165, 1.54) is 29.7 Å². The molecule has 0 unspecified atom stereocenters. The predicted octanol–water partition coefficient (Wildman–Crippen LogP) is 3.50. The molecular weight excluding hydrogens is 421 g/mol. The van der Waals surface area contributed by atoms with Gasteiger partial charge in [-0.25, -0.2) is 13.9 Å². The Kier molecular flexibility index (Phi) is 5.47. The van der Waals surface area contributed by atoms with Crippen molar-refractivity contribution in [2.75, 3.05) is 23.8 Å². The van der Waals surface area contributed by atoms with Gasteiger partial charge in [-0.15, -0.1) is 11.3 Å². The van der Waals surface area contributed by atoms with Crippen molar-refractivity contribution in [2.24, 2.45) is 0 Å². The van der Waals surface area contributed by atoms with Crippen LogP contribution in [-0.2, 0) is 4.74 Å². The van der Waals surface area contributed by atoms with Crippen LogP contribution in [0.1, 0.15) is 9.67 Å². The molecule has 2 aromatic heterocycles. The number of ether oxygens (including phenoxy) is 1. The lowest BCUT2D eigenvalue weighted by Crippen LogP contribution is -2.48. The summed E-state index contributed by atoms with van der Waals surface area (Å²) in [6.45, 7) is 1.06. The van der Waals surface area contributed by atoms with Crippen molar-refractivity contribution in [3.63, 3.8) is 0 Å². The van der Waals surface area contributed by atoms with E-state index in [-0.39, 0.29) is 22.7 Å². The molecule has 0 bridgehead atoms. The van der Waals surface area contributed by atoms with Crippen molar-refractivity contribution >= 4 is 46.3 Å². The van der Waals surface area contributed by atoms with Crippen molar-refractivity contribution in [3.05, 3.63) is 57.8 Å². The van der Waals surface area contributed by atoms with Crippen LogP contribution >= 0.6 is 22.9 Å². The van der Waals surface area contributed by atoms with Crippen LogP contribution in [0.15, 0.2) is 42.0 Å². The molecule has 0 spiro atoms. The summed E-state index contributed by atoms with van der Waals surface area (Å²) in [5.41, 5.74) is 1.41. The molecule has 1 aliphatic rings. The fraction of sp³-hybridized carbons (Fsp3) is 0.167. The first-order valence-electron chi connectivity index (χ1n) is 8.53. The maximum absolute atomic E-state index is 13.1. The third kappa shape index (κ3) is 4.56. The Hall–Kier alpha value is -2.95. The molecule has 1 aromatic carbocycles. The third-order valence-electron chi connectivity index (χ3n) is 4.07. The lowest BCUT2D eigenvalue weighted by atomic mass is 10.2. The number of halogens is 2. The zero-order valence-corrected chi connectivity index (χ0v) is 16.4. The molecule has 0 saturated carbocycles. The Bertz CT molecular complexity index is 1070. The molecule has 11 heteroatoms. The molecule has 1 fully saturated rings. The number of carbonyl (C=O) groups is 2. The van der Waals surface area contributed by atoms with Gasteiger partial charge in [0.25, 0.3) is 5.91 Å². The standard InChI is InChI=1S/C18H15ClFN5O3S/c19-14-3-10(20)1-2-15(14)24-18(27)23-11-5-21-25(6-11)13-4-16(29-9-13)17(26)22-12-7-28-8-12/h1-6,9,12H,7-8H2,(H,22,26)(H2,23,24,27). The van der Waals surface area contributed by atoms with E-state index in [4.69, 9.17) is 16.3 Å². The van der Waals surface area contributed by atoms with Crippen LogP contribution in [0, 0.1) is 5.82 Å². The minimum absolute atomic E-state index is 0.0571. The molecule has 8 nitrogen and oxygen atoms in total. The van der Waals surface area contributed by atoms with Crippen LogP contribution in [0.5, 0.6) is 0 Å². The molecule has 0 atom stereocenters. The quantitative estimate of drug-likeness (QED) is 0.571. The van der Waals surface area contributed by atoms with E-state index in [2.05, 4.69) is 21.0 Å². The van der Waals surface area contributed by atoms with Gasteiger partial charge in [0.15, 0.2) is 0 Å². The molecule has 0 aliphatic carbocycles. The van der Waals surface area contributed by atoms with Gasteiger partial charge in [-0.3, -0.25) is 4.79 Å². The predicted molar refractivity (Wildman–Crippen MR) is 108 cm³/mol. The van der Waals surface area contributed by atoms with E-state index in [0.29, 0.717) is 29.5 Å². The molecule has 3 N–H and O–H groups in total. The highest BCUT2D eigenvalue weighted by molar-refractivity contribution is 7.12. The number of rotatable bonds is 5. The first kappa shape index (κ1) is 19.4. The minimum atomic E-state index is -0.550. The Morgan fingerprint density at radius 2 is 2.10 bits per heavy atom. The fourth-order valence-electron chi connectivity index (χ4n) is 2.55. The topological polar surface area (TPSA) is 97.3 Å². The summed E-state index contributed by atoms with van der Waals surface area (Å²) in [7, 11) is 0. The van der Waals surface area contributed by atoms with Gasteiger partial charge in [0.1, 0.15) is 5.82 Å².